The van der Waals surface area contributed by atoms with Gasteiger partial charge in [-0.25, -0.2) is 0 Å². The van der Waals surface area contributed by atoms with Crippen molar-refractivity contribution in [1.82, 2.24) is 9.80 Å². The van der Waals surface area contributed by atoms with E-state index in [1.807, 2.05) is 51.1 Å². The van der Waals surface area contributed by atoms with Gasteiger partial charge < -0.3 is 24.4 Å². The SMILES string of the molecule is C=CCOC(=O)[C@@H]1[C@H]2C(=O)N([C@H](CO)c3ccccc3)C(C(=O)N(CC=C)C(C)C)C23CC[C@@]1(C)O3. The van der Waals surface area contributed by atoms with Gasteiger partial charge in [0.15, 0.2) is 0 Å². The van der Waals surface area contributed by atoms with Crippen LogP contribution in [0.25, 0.3) is 0 Å². The lowest BCUT2D eigenvalue weighted by Crippen LogP contribution is -2.58. The van der Waals surface area contributed by atoms with Gasteiger partial charge in [-0.15, -0.1) is 6.58 Å². The third-order valence-electron chi connectivity index (χ3n) is 7.97. The van der Waals surface area contributed by atoms with Gasteiger partial charge in [-0.05, 0) is 39.2 Å². The highest BCUT2D eigenvalue weighted by Gasteiger charge is 2.79. The number of amides is 2. The Morgan fingerprint density at radius 1 is 1.25 bits per heavy atom. The first-order chi connectivity index (χ1) is 17.2. The number of ether oxygens (including phenoxy) is 2. The molecule has 3 aliphatic rings. The molecule has 8 heteroatoms. The molecule has 2 amide bonds. The van der Waals surface area contributed by atoms with Crippen LogP contribution in [-0.4, -0.2) is 75.7 Å². The Bertz CT molecular complexity index is 1040. The minimum absolute atomic E-state index is 0.0230. The summed E-state index contributed by atoms with van der Waals surface area (Å²) >= 11 is 0. The number of benzene rings is 1. The van der Waals surface area contributed by atoms with Crippen molar-refractivity contribution in [3.63, 3.8) is 0 Å². The van der Waals surface area contributed by atoms with Gasteiger partial charge in [0.1, 0.15) is 24.2 Å². The Kier molecular flexibility index (Phi) is 7.12. The maximum absolute atomic E-state index is 14.3. The smallest absolute Gasteiger partial charge is 0.313 e. The zero-order chi connectivity index (χ0) is 26.3. The molecule has 1 N–H and O–H groups in total. The molecule has 3 fully saturated rings. The van der Waals surface area contributed by atoms with E-state index in [1.54, 1.807) is 11.0 Å². The van der Waals surface area contributed by atoms with Crippen LogP contribution in [0.5, 0.6) is 0 Å². The second kappa shape index (κ2) is 9.82. The van der Waals surface area contributed by atoms with E-state index in [0.717, 1.165) is 0 Å². The molecule has 1 aromatic rings. The molecule has 0 aliphatic carbocycles. The monoisotopic (exact) mass is 496 g/mol. The second-order valence-electron chi connectivity index (χ2n) is 10.4. The van der Waals surface area contributed by atoms with Crippen molar-refractivity contribution < 1.29 is 29.0 Å². The number of fused-ring (bicyclic) bond motifs is 1. The molecule has 1 spiro atoms. The first-order valence-corrected chi connectivity index (χ1v) is 12.5. The van der Waals surface area contributed by atoms with Crippen LogP contribution in [0, 0.1) is 11.8 Å². The molecule has 0 aromatic heterocycles. The molecule has 1 aromatic carbocycles. The van der Waals surface area contributed by atoms with Crippen LogP contribution in [-0.2, 0) is 23.9 Å². The normalized spacial score (nSPS) is 31.3. The minimum atomic E-state index is -1.20. The summed E-state index contributed by atoms with van der Waals surface area (Å²) in [6, 6.07) is 7.20. The minimum Gasteiger partial charge on any atom is -0.461 e. The van der Waals surface area contributed by atoms with Gasteiger partial charge >= 0.3 is 5.97 Å². The Morgan fingerprint density at radius 3 is 2.53 bits per heavy atom. The number of nitrogens with zero attached hydrogens (tertiary/aromatic N) is 2. The largest absolute Gasteiger partial charge is 0.461 e. The van der Waals surface area contributed by atoms with Crippen LogP contribution in [0.2, 0.25) is 0 Å². The zero-order valence-electron chi connectivity index (χ0n) is 21.3. The average Bonchev–Trinajstić information content (AvgIpc) is 3.43. The van der Waals surface area contributed by atoms with Crippen LogP contribution < -0.4 is 0 Å². The fourth-order valence-corrected chi connectivity index (χ4v) is 6.45. The van der Waals surface area contributed by atoms with Crippen molar-refractivity contribution in [2.45, 2.75) is 62.9 Å². The van der Waals surface area contributed by atoms with E-state index in [4.69, 9.17) is 9.47 Å². The quantitative estimate of drug-likeness (QED) is 0.395. The van der Waals surface area contributed by atoms with Gasteiger partial charge in [-0.2, -0.15) is 0 Å². The van der Waals surface area contributed by atoms with Crippen molar-refractivity contribution >= 4 is 17.8 Å². The predicted octanol–water partition coefficient (Wildman–Crippen LogP) is 2.64. The Morgan fingerprint density at radius 2 is 1.94 bits per heavy atom. The maximum Gasteiger partial charge on any atom is 0.313 e. The van der Waals surface area contributed by atoms with E-state index < -0.39 is 41.1 Å². The topological polar surface area (TPSA) is 96.4 Å². The van der Waals surface area contributed by atoms with E-state index in [2.05, 4.69) is 13.2 Å². The number of carbonyl (C=O) groups excluding carboxylic acids is 3. The molecule has 3 heterocycles. The van der Waals surface area contributed by atoms with Gasteiger partial charge in [0, 0.05) is 12.6 Å². The lowest BCUT2D eigenvalue weighted by molar-refractivity contribution is -0.161. The molecule has 36 heavy (non-hydrogen) atoms. The molecule has 3 aliphatic heterocycles. The first-order valence-electron chi connectivity index (χ1n) is 12.5. The number of aliphatic hydroxyl groups excluding tert-OH is 1. The van der Waals surface area contributed by atoms with Crippen molar-refractivity contribution in [3.8, 4) is 0 Å². The Hall–Kier alpha value is -2.97. The van der Waals surface area contributed by atoms with Crippen LogP contribution in [0.15, 0.2) is 55.6 Å². The molecule has 0 saturated carbocycles. The van der Waals surface area contributed by atoms with Gasteiger partial charge in [-0.1, -0.05) is 49.1 Å². The fraction of sp³-hybridized carbons (Fsp3) is 0.536. The van der Waals surface area contributed by atoms with Crippen molar-refractivity contribution in [3.05, 3.63) is 61.2 Å². The van der Waals surface area contributed by atoms with Crippen LogP contribution in [0.4, 0.5) is 0 Å². The average molecular weight is 497 g/mol. The summed E-state index contributed by atoms with van der Waals surface area (Å²) in [4.78, 5) is 44.9. The number of likely N-dealkylation sites (tertiary alicyclic amines) is 1. The molecular weight excluding hydrogens is 460 g/mol. The van der Waals surface area contributed by atoms with Crippen molar-refractivity contribution in [2.75, 3.05) is 19.8 Å². The molecule has 3 saturated heterocycles. The summed E-state index contributed by atoms with van der Waals surface area (Å²) in [6.07, 6.45) is 4.09. The first kappa shape index (κ1) is 26.1. The zero-order valence-corrected chi connectivity index (χ0v) is 21.3. The van der Waals surface area contributed by atoms with E-state index in [-0.39, 0.29) is 31.1 Å². The summed E-state index contributed by atoms with van der Waals surface area (Å²) < 4.78 is 12.0. The second-order valence-corrected chi connectivity index (χ2v) is 10.4. The highest BCUT2D eigenvalue weighted by molar-refractivity contribution is 5.99. The van der Waals surface area contributed by atoms with Crippen LogP contribution in [0.1, 0.15) is 45.2 Å². The van der Waals surface area contributed by atoms with E-state index >= 15 is 0 Å². The predicted molar refractivity (Wildman–Crippen MR) is 134 cm³/mol. The molecule has 6 atom stereocenters. The van der Waals surface area contributed by atoms with E-state index in [1.165, 1.54) is 11.0 Å². The molecule has 194 valence electrons. The molecule has 2 bridgehead atoms. The van der Waals surface area contributed by atoms with Gasteiger partial charge in [0.25, 0.3) is 0 Å². The number of hydrogen-bond acceptors (Lipinski definition) is 6. The summed E-state index contributed by atoms with van der Waals surface area (Å²) in [6.45, 7) is 13.0. The van der Waals surface area contributed by atoms with E-state index in [0.29, 0.717) is 24.9 Å². The number of rotatable bonds is 10. The fourth-order valence-electron chi connectivity index (χ4n) is 6.45. The highest BCUT2D eigenvalue weighted by atomic mass is 16.6. The van der Waals surface area contributed by atoms with Gasteiger partial charge in [0.2, 0.25) is 11.8 Å². The van der Waals surface area contributed by atoms with Crippen LogP contribution in [0.3, 0.4) is 0 Å². The maximum atomic E-state index is 14.3. The third-order valence-corrected chi connectivity index (χ3v) is 7.97. The molecular formula is C28H36N2O6. The molecule has 4 rings (SSSR count). The summed E-state index contributed by atoms with van der Waals surface area (Å²) in [5.74, 6) is -2.93. The van der Waals surface area contributed by atoms with Crippen LogP contribution >= 0.6 is 0 Å². The van der Waals surface area contributed by atoms with Crippen molar-refractivity contribution in [1.29, 1.82) is 0 Å². The van der Waals surface area contributed by atoms with Crippen molar-refractivity contribution in [2.24, 2.45) is 11.8 Å². The lowest BCUT2D eigenvalue weighted by Gasteiger charge is -2.40. The Labute approximate surface area is 212 Å². The standard InChI is InChI=1S/C28H36N2O6/c1-6-15-29(18(3)4)25(33)23-28-14-13-27(5,36-28)22(26(34)35-16-7-2)21(28)24(32)30(23)20(17-31)19-11-9-8-10-12-19/h6-12,18,20-23,31H,1-2,13-17H2,3-5H3/t20-,21+,22+,23?,27-,28?/m1/s1. The third kappa shape index (κ3) is 3.87. The highest BCUT2D eigenvalue weighted by Crippen LogP contribution is 2.64. The molecule has 2 unspecified atom stereocenters. The van der Waals surface area contributed by atoms with Gasteiger partial charge in [0.05, 0.1) is 24.2 Å². The lowest BCUT2D eigenvalue weighted by atomic mass is 9.66. The number of carbonyl (C=O) groups is 3. The van der Waals surface area contributed by atoms with Gasteiger partial charge in [-0.3, -0.25) is 14.4 Å². The molecule has 0 radical (unpaired) electrons. The van der Waals surface area contributed by atoms with E-state index in [9.17, 15) is 19.5 Å². The Balaban J connectivity index is 1.86. The number of esters is 1. The summed E-state index contributed by atoms with van der Waals surface area (Å²) in [5.41, 5.74) is -1.42. The molecule has 8 nitrogen and oxygen atoms in total. The summed E-state index contributed by atoms with van der Waals surface area (Å²) in [7, 11) is 0. The number of hydrogen-bond donors (Lipinski definition) is 1. The summed E-state index contributed by atoms with van der Waals surface area (Å²) in [5, 5.41) is 10.5. The number of aliphatic hydroxyl groups is 1.